The van der Waals surface area contributed by atoms with Gasteiger partial charge >= 0.3 is 6.09 Å². The second-order valence-corrected chi connectivity index (χ2v) is 8.02. The molecule has 22 heavy (non-hydrogen) atoms. The summed E-state index contributed by atoms with van der Waals surface area (Å²) >= 11 is 0. The van der Waals surface area contributed by atoms with E-state index in [1.54, 1.807) is 0 Å². The summed E-state index contributed by atoms with van der Waals surface area (Å²) in [4.78, 5) is 11.9. The van der Waals surface area contributed by atoms with E-state index in [0.29, 0.717) is 12.1 Å². The summed E-state index contributed by atoms with van der Waals surface area (Å²) in [5.41, 5.74) is -0.429. The van der Waals surface area contributed by atoms with Gasteiger partial charge in [-0.1, -0.05) is 20.3 Å². The molecular formula is C18H36N2O2. The first-order valence-electron chi connectivity index (χ1n) is 8.95. The molecule has 4 atom stereocenters. The second-order valence-electron chi connectivity index (χ2n) is 8.02. The highest BCUT2D eigenvalue weighted by Gasteiger charge is 2.26. The number of rotatable bonds is 6. The molecule has 0 heterocycles. The molecule has 1 aliphatic rings. The molecule has 0 aromatic carbocycles. The first-order chi connectivity index (χ1) is 10.2. The average Bonchev–Trinajstić information content (AvgIpc) is 2.36. The molecular weight excluding hydrogens is 276 g/mol. The minimum Gasteiger partial charge on any atom is -0.444 e. The van der Waals surface area contributed by atoms with Crippen molar-refractivity contribution in [1.29, 1.82) is 0 Å². The molecule has 1 rings (SSSR count). The van der Waals surface area contributed by atoms with Crippen molar-refractivity contribution in [3.63, 3.8) is 0 Å². The van der Waals surface area contributed by atoms with E-state index in [0.717, 1.165) is 25.2 Å². The molecule has 1 saturated carbocycles. The fourth-order valence-corrected chi connectivity index (χ4v) is 3.19. The van der Waals surface area contributed by atoms with Gasteiger partial charge in [-0.3, -0.25) is 0 Å². The first-order valence-corrected chi connectivity index (χ1v) is 8.95. The minimum atomic E-state index is -0.429. The van der Waals surface area contributed by atoms with Crippen LogP contribution in [0, 0.1) is 5.92 Å². The number of hydrogen-bond donors (Lipinski definition) is 2. The molecule has 130 valence electrons. The van der Waals surface area contributed by atoms with Crippen molar-refractivity contribution in [2.75, 3.05) is 0 Å². The van der Waals surface area contributed by atoms with Gasteiger partial charge in [0, 0.05) is 18.1 Å². The van der Waals surface area contributed by atoms with Crippen molar-refractivity contribution < 1.29 is 9.53 Å². The lowest BCUT2D eigenvalue weighted by atomic mass is 9.90. The molecule has 0 bridgehead atoms. The Morgan fingerprint density at radius 3 is 2.45 bits per heavy atom. The van der Waals surface area contributed by atoms with Crippen molar-refractivity contribution >= 4 is 6.09 Å². The number of ether oxygens (including phenoxy) is 1. The Labute approximate surface area is 136 Å². The van der Waals surface area contributed by atoms with Crippen LogP contribution in [0.25, 0.3) is 0 Å². The zero-order chi connectivity index (χ0) is 16.8. The molecule has 0 spiro atoms. The lowest BCUT2D eigenvalue weighted by molar-refractivity contribution is 0.0488. The van der Waals surface area contributed by atoms with E-state index in [-0.39, 0.29) is 12.1 Å². The fraction of sp³-hybridized carbons (Fsp3) is 0.944. The number of nitrogens with one attached hydrogen (secondary N) is 2. The number of amides is 1. The monoisotopic (exact) mass is 312 g/mol. The molecule has 0 aliphatic heterocycles. The van der Waals surface area contributed by atoms with Crippen LogP contribution in [0.2, 0.25) is 0 Å². The smallest absolute Gasteiger partial charge is 0.407 e. The van der Waals surface area contributed by atoms with Crippen molar-refractivity contribution in [3.05, 3.63) is 0 Å². The van der Waals surface area contributed by atoms with Crippen LogP contribution < -0.4 is 10.6 Å². The molecule has 4 nitrogen and oxygen atoms in total. The maximum absolute atomic E-state index is 11.9. The van der Waals surface area contributed by atoms with Crippen LogP contribution in [0.1, 0.15) is 80.1 Å². The van der Waals surface area contributed by atoms with E-state index >= 15 is 0 Å². The van der Waals surface area contributed by atoms with Gasteiger partial charge in [-0.25, -0.2) is 4.79 Å². The van der Waals surface area contributed by atoms with Crippen molar-refractivity contribution in [1.82, 2.24) is 10.6 Å². The lowest BCUT2D eigenvalue weighted by Crippen LogP contribution is -2.47. The van der Waals surface area contributed by atoms with Crippen LogP contribution in [0.3, 0.4) is 0 Å². The van der Waals surface area contributed by atoms with Gasteiger partial charge in [-0.15, -0.1) is 0 Å². The zero-order valence-electron chi connectivity index (χ0n) is 15.4. The summed E-state index contributed by atoms with van der Waals surface area (Å²) in [5.74, 6) is 0.766. The first kappa shape index (κ1) is 19.3. The summed E-state index contributed by atoms with van der Waals surface area (Å²) in [6.45, 7) is 12.5. The Hall–Kier alpha value is -0.770. The highest BCUT2D eigenvalue weighted by molar-refractivity contribution is 5.68. The van der Waals surface area contributed by atoms with E-state index in [1.165, 1.54) is 19.3 Å². The molecule has 0 aromatic rings. The molecule has 0 saturated heterocycles. The molecule has 4 unspecified atom stereocenters. The SMILES string of the molecule is CCC(C)CC(C)NC1CCCC(NC(=O)OC(C)(C)C)C1. The predicted molar refractivity (Wildman–Crippen MR) is 92.1 cm³/mol. The van der Waals surface area contributed by atoms with Crippen molar-refractivity contribution in [3.8, 4) is 0 Å². The summed E-state index contributed by atoms with van der Waals surface area (Å²) < 4.78 is 5.35. The minimum absolute atomic E-state index is 0.233. The van der Waals surface area contributed by atoms with Gasteiger partial charge in [0.15, 0.2) is 0 Å². The Morgan fingerprint density at radius 2 is 1.86 bits per heavy atom. The Kier molecular flexibility index (Phi) is 7.67. The highest BCUT2D eigenvalue weighted by Crippen LogP contribution is 2.21. The molecule has 0 radical (unpaired) electrons. The predicted octanol–water partition coefficient (Wildman–Crippen LogP) is 4.24. The van der Waals surface area contributed by atoms with E-state index in [2.05, 4.69) is 31.4 Å². The number of hydrogen-bond acceptors (Lipinski definition) is 3. The highest BCUT2D eigenvalue weighted by atomic mass is 16.6. The summed E-state index contributed by atoms with van der Waals surface area (Å²) in [7, 11) is 0. The largest absolute Gasteiger partial charge is 0.444 e. The molecule has 1 amide bonds. The average molecular weight is 312 g/mol. The van der Waals surface area contributed by atoms with Gasteiger partial charge in [0.2, 0.25) is 0 Å². The molecule has 4 heteroatoms. The fourth-order valence-electron chi connectivity index (χ4n) is 3.19. The molecule has 1 aliphatic carbocycles. The van der Waals surface area contributed by atoms with Crippen LogP contribution in [-0.2, 0) is 4.74 Å². The third-order valence-electron chi connectivity index (χ3n) is 4.37. The van der Waals surface area contributed by atoms with Crippen LogP contribution in [0.15, 0.2) is 0 Å². The van der Waals surface area contributed by atoms with Crippen LogP contribution in [-0.4, -0.2) is 29.8 Å². The van der Waals surface area contributed by atoms with Gasteiger partial charge in [0.25, 0.3) is 0 Å². The second kappa shape index (κ2) is 8.76. The van der Waals surface area contributed by atoms with Gasteiger partial charge in [-0.2, -0.15) is 0 Å². The van der Waals surface area contributed by atoms with Crippen LogP contribution in [0.4, 0.5) is 4.79 Å². The van der Waals surface area contributed by atoms with E-state index in [9.17, 15) is 4.79 Å². The Balaban J connectivity index is 2.36. The third-order valence-corrected chi connectivity index (χ3v) is 4.37. The van der Waals surface area contributed by atoms with E-state index < -0.39 is 5.60 Å². The van der Waals surface area contributed by atoms with E-state index in [4.69, 9.17) is 4.74 Å². The number of alkyl carbamates (subject to hydrolysis) is 1. The van der Waals surface area contributed by atoms with Gasteiger partial charge in [0.1, 0.15) is 5.60 Å². The molecule has 1 fully saturated rings. The normalized spacial score (nSPS) is 25.4. The molecule has 2 N–H and O–H groups in total. The summed E-state index contributed by atoms with van der Waals surface area (Å²) in [6.07, 6.45) is 6.59. The van der Waals surface area contributed by atoms with Crippen molar-refractivity contribution in [2.45, 2.75) is 104 Å². The van der Waals surface area contributed by atoms with E-state index in [1.807, 2.05) is 20.8 Å². The van der Waals surface area contributed by atoms with Crippen LogP contribution in [0.5, 0.6) is 0 Å². The van der Waals surface area contributed by atoms with Crippen LogP contribution >= 0.6 is 0 Å². The summed E-state index contributed by atoms with van der Waals surface area (Å²) in [6, 6.07) is 1.28. The van der Waals surface area contributed by atoms with Gasteiger partial charge in [-0.05, 0) is 65.7 Å². The van der Waals surface area contributed by atoms with Crippen molar-refractivity contribution in [2.24, 2.45) is 5.92 Å². The Bertz CT molecular complexity index is 338. The Morgan fingerprint density at radius 1 is 1.23 bits per heavy atom. The quantitative estimate of drug-likeness (QED) is 0.771. The standard InChI is InChI=1S/C18H36N2O2/c1-7-13(2)11-14(3)19-15-9-8-10-16(12-15)20-17(21)22-18(4,5)6/h13-16,19H,7-12H2,1-6H3,(H,20,21). The number of carbonyl (C=O) groups is 1. The molecule has 0 aromatic heterocycles. The van der Waals surface area contributed by atoms with Gasteiger partial charge in [0.05, 0.1) is 0 Å². The van der Waals surface area contributed by atoms with Gasteiger partial charge < -0.3 is 15.4 Å². The number of carbonyl (C=O) groups excluding carboxylic acids is 1. The maximum atomic E-state index is 11.9. The summed E-state index contributed by atoms with van der Waals surface area (Å²) in [5, 5.41) is 6.77. The zero-order valence-corrected chi connectivity index (χ0v) is 15.4. The maximum Gasteiger partial charge on any atom is 0.407 e. The topological polar surface area (TPSA) is 50.4 Å². The lowest BCUT2D eigenvalue weighted by Gasteiger charge is -2.33. The third kappa shape index (κ3) is 8.02.